The minimum absolute atomic E-state index is 0. The van der Waals surface area contributed by atoms with Gasteiger partial charge in [-0.2, -0.15) is 0 Å². The van der Waals surface area contributed by atoms with Crippen molar-refractivity contribution in [3.05, 3.63) is 23.2 Å². The third-order valence-corrected chi connectivity index (χ3v) is 1.93. The molecule has 0 bridgehead atoms. The van der Waals surface area contributed by atoms with Crippen molar-refractivity contribution in [1.82, 2.24) is 0 Å². The second kappa shape index (κ2) is 11.2. The summed E-state index contributed by atoms with van der Waals surface area (Å²) in [6, 6.07) is 0. The maximum atomic E-state index is 10.5. The summed E-state index contributed by atoms with van der Waals surface area (Å²) in [5, 5.41) is 20.5. The second-order valence-corrected chi connectivity index (χ2v) is 3.69. The van der Waals surface area contributed by atoms with Crippen LogP contribution in [0.5, 0.6) is 0 Å². The smallest absolute Gasteiger partial charge is 0.877 e. The molecule has 0 radical (unpaired) electrons. The summed E-state index contributed by atoms with van der Waals surface area (Å²) in [4.78, 5) is 41.8. The molecule has 0 fully saturated rings. The number of allylic oxidation sites excluding steroid dienone is 3. The van der Waals surface area contributed by atoms with E-state index in [9.17, 15) is 29.4 Å². The first-order valence-electron chi connectivity index (χ1n) is 5.29. The molecule has 0 heterocycles. The first-order chi connectivity index (χ1) is 8.56. The van der Waals surface area contributed by atoms with Gasteiger partial charge < -0.3 is 10.2 Å². The Morgan fingerprint density at radius 2 is 1.05 bits per heavy atom. The van der Waals surface area contributed by atoms with E-state index in [1.165, 1.54) is 34.6 Å². The molecule has 0 unspecified atom stereocenters. The van der Waals surface area contributed by atoms with Crippen molar-refractivity contribution in [1.29, 1.82) is 0 Å². The molecule has 0 aliphatic rings. The molecule has 0 amide bonds. The molecule has 0 atom stereocenters. The quantitative estimate of drug-likeness (QED) is 0.219. The average Bonchev–Trinajstić information content (AvgIpc) is 2.15. The Kier molecular flexibility index (Phi) is 13.2. The van der Waals surface area contributed by atoms with Crippen molar-refractivity contribution in [3.8, 4) is 0 Å². The Morgan fingerprint density at radius 1 is 0.750 bits per heavy atom. The van der Waals surface area contributed by atoms with Crippen molar-refractivity contribution in [2.75, 3.05) is 0 Å². The van der Waals surface area contributed by atoms with Gasteiger partial charge in [0.25, 0.3) is 0 Å². The van der Waals surface area contributed by atoms with E-state index in [-0.39, 0.29) is 36.9 Å². The fourth-order valence-corrected chi connectivity index (χ4v) is 1.16. The van der Waals surface area contributed by atoms with E-state index in [2.05, 4.69) is 0 Å². The van der Waals surface area contributed by atoms with Gasteiger partial charge in [-0.3, -0.25) is 19.2 Å². The van der Waals surface area contributed by atoms with Gasteiger partial charge in [0.2, 0.25) is 0 Å². The van der Waals surface area contributed by atoms with Crippen molar-refractivity contribution in [2.24, 2.45) is 0 Å². The number of Topliss-reactive ketones (excluding diaryl/α,β-unsaturated/α-hetero) is 4. The predicted octanol–water partition coefficient (Wildman–Crippen LogP) is -0.795. The van der Waals surface area contributed by atoms with Gasteiger partial charge in [-0.15, -0.1) is 12.0 Å². The van der Waals surface area contributed by atoms with Crippen LogP contribution in [-0.4, -0.2) is 23.1 Å². The zero-order valence-electron chi connectivity index (χ0n) is 12.2. The van der Waals surface area contributed by atoms with Crippen LogP contribution < -0.4 is 10.2 Å². The van der Waals surface area contributed by atoms with Crippen LogP contribution in [0.3, 0.4) is 0 Å². The molecular formula is C13H16O6Zn. The molecule has 6 nitrogen and oxygen atoms in total. The van der Waals surface area contributed by atoms with Crippen molar-refractivity contribution >= 4 is 23.1 Å². The number of hydrogen-bond donors (Lipinski definition) is 0. The molecule has 20 heavy (non-hydrogen) atoms. The van der Waals surface area contributed by atoms with Crippen molar-refractivity contribution < 1.29 is 48.9 Å². The fourth-order valence-electron chi connectivity index (χ4n) is 1.16. The molecule has 0 N–H and O–H groups in total. The number of rotatable bonds is 4. The molecule has 0 aromatic heterocycles. The summed E-state index contributed by atoms with van der Waals surface area (Å²) >= 11 is 0. The van der Waals surface area contributed by atoms with Gasteiger partial charge >= 0.3 is 19.5 Å². The van der Waals surface area contributed by atoms with Gasteiger partial charge in [-0.05, 0) is 27.7 Å². The van der Waals surface area contributed by atoms with Crippen molar-refractivity contribution in [2.45, 2.75) is 34.6 Å². The molecule has 0 saturated carbocycles. The molecule has 0 spiro atoms. The molecule has 0 aromatic carbocycles. The molecule has 0 saturated heterocycles. The zero-order chi connectivity index (χ0) is 15.7. The first-order valence-corrected chi connectivity index (χ1v) is 5.29. The van der Waals surface area contributed by atoms with Gasteiger partial charge in [-0.25, -0.2) is 0 Å². The first kappa shape index (κ1) is 23.5. The predicted molar refractivity (Wildman–Crippen MR) is 63.5 cm³/mol. The molecule has 0 aromatic rings. The summed E-state index contributed by atoms with van der Waals surface area (Å²) in [6.07, 6.45) is 0.282. The summed E-state index contributed by atoms with van der Waals surface area (Å²) < 4.78 is 0. The van der Waals surface area contributed by atoms with E-state index in [1.807, 2.05) is 0 Å². The summed E-state index contributed by atoms with van der Waals surface area (Å²) in [7, 11) is 0. The zero-order valence-corrected chi connectivity index (χ0v) is 15.2. The SMILES string of the molecule is CC(=O)C(=C[O-])C(C)=O.CC(=O)C(C(C)=O)=C(C)[O-].[Zn+2]. The van der Waals surface area contributed by atoms with Crippen LogP contribution in [-0.2, 0) is 38.7 Å². The van der Waals surface area contributed by atoms with Gasteiger partial charge in [-0.1, -0.05) is 6.92 Å². The Morgan fingerprint density at radius 3 is 1.05 bits per heavy atom. The van der Waals surface area contributed by atoms with E-state index in [0.717, 1.165) is 0 Å². The molecular weight excluding hydrogens is 318 g/mol. The monoisotopic (exact) mass is 332 g/mol. The van der Waals surface area contributed by atoms with Crippen molar-refractivity contribution in [3.63, 3.8) is 0 Å². The second-order valence-electron chi connectivity index (χ2n) is 3.69. The third-order valence-electron chi connectivity index (χ3n) is 1.93. The summed E-state index contributed by atoms with van der Waals surface area (Å²) in [5.74, 6) is -2.32. The molecule has 0 aliphatic carbocycles. The van der Waals surface area contributed by atoms with Crippen LogP contribution in [0.1, 0.15) is 34.6 Å². The van der Waals surface area contributed by atoms with Gasteiger partial charge in [0.15, 0.2) is 23.1 Å². The number of hydrogen-bond acceptors (Lipinski definition) is 6. The Hall–Kier alpha value is -1.62. The molecule has 0 aliphatic heterocycles. The number of carbonyl (C=O) groups excluding carboxylic acids is 4. The van der Waals surface area contributed by atoms with Crippen LogP contribution in [0.25, 0.3) is 0 Å². The maximum Gasteiger partial charge on any atom is 2.00 e. The Bertz CT molecular complexity index is 423. The standard InChI is InChI=1S/C7H10O3.C6H8O3.Zn/c1-4(8)7(5(2)9)6(3)10;1-4(8)6(3-7)5(2)9;/h8H,1-3H3;3,7H,1-2H3;/q;;+2/p-2. The number of carbonyl (C=O) groups is 4. The third kappa shape index (κ3) is 9.33. The largest absolute Gasteiger partial charge is 2.00 e. The van der Waals surface area contributed by atoms with E-state index in [4.69, 9.17) is 0 Å². The van der Waals surface area contributed by atoms with Crippen LogP contribution in [0.2, 0.25) is 0 Å². The summed E-state index contributed by atoms with van der Waals surface area (Å²) in [5.41, 5.74) is -0.491. The average molecular weight is 334 g/mol. The van der Waals surface area contributed by atoms with Crippen LogP contribution >= 0.6 is 0 Å². The molecule has 7 heteroatoms. The van der Waals surface area contributed by atoms with Crippen LogP contribution in [0.4, 0.5) is 0 Å². The van der Waals surface area contributed by atoms with E-state index in [1.54, 1.807) is 0 Å². The fraction of sp³-hybridized carbons (Fsp3) is 0.385. The number of ketones is 4. The van der Waals surface area contributed by atoms with Gasteiger partial charge in [0.1, 0.15) is 0 Å². The summed E-state index contributed by atoms with van der Waals surface area (Å²) in [6.45, 7) is 5.99. The molecule has 0 rings (SSSR count). The van der Waals surface area contributed by atoms with Crippen LogP contribution in [0.15, 0.2) is 23.2 Å². The van der Waals surface area contributed by atoms with Gasteiger partial charge in [0.05, 0.1) is 0 Å². The minimum Gasteiger partial charge on any atom is -0.877 e. The van der Waals surface area contributed by atoms with E-state index >= 15 is 0 Å². The Balaban J connectivity index is -0.000000277. The maximum absolute atomic E-state index is 10.5. The minimum atomic E-state index is -0.475. The van der Waals surface area contributed by atoms with E-state index in [0.29, 0.717) is 0 Å². The van der Waals surface area contributed by atoms with Crippen LogP contribution in [0, 0.1) is 0 Å². The Labute approximate surface area is 130 Å². The van der Waals surface area contributed by atoms with E-state index < -0.39 is 28.9 Å². The normalized spacial score (nSPS) is 8.05. The molecule has 106 valence electrons. The topological polar surface area (TPSA) is 114 Å². The van der Waals surface area contributed by atoms with Gasteiger partial charge in [0, 0.05) is 11.1 Å².